The Morgan fingerprint density at radius 3 is 2.50 bits per heavy atom. The van der Waals surface area contributed by atoms with Gasteiger partial charge in [-0.25, -0.2) is 14.6 Å². The van der Waals surface area contributed by atoms with Gasteiger partial charge in [-0.3, -0.25) is 9.58 Å². The van der Waals surface area contributed by atoms with Crippen LogP contribution in [0.1, 0.15) is 38.6 Å². The molecule has 13 nitrogen and oxygen atoms in total. The number of morpholine rings is 1. The lowest BCUT2D eigenvalue weighted by Crippen LogP contribution is -2.45. The van der Waals surface area contributed by atoms with E-state index in [0.29, 0.717) is 28.9 Å². The molecule has 0 amide bonds. The molecule has 1 N–H and O–H groups in total. The summed E-state index contributed by atoms with van der Waals surface area (Å²) in [5, 5.41) is 18.9. The highest BCUT2D eigenvalue weighted by atomic mass is 35.5. The maximum absolute atomic E-state index is 13.1. The van der Waals surface area contributed by atoms with Gasteiger partial charge in [0.15, 0.2) is 6.61 Å². The van der Waals surface area contributed by atoms with Crippen molar-refractivity contribution in [3.05, 3.63) is 48.1 Å². The van der Waals surface area contributed by atoms with Gasteiger partial charge in [-0.05, 0) is 60.7 Å². The van der Waals surface area contributed by atoms with Crippen LogP contribution in [0.5, 0.6) is 11.6 Å². The van der Waals surface area contributed by atoms with Crippen molar-refractivity contribution >= 4 is 23.2 Å². The molecule has 6 rings (SSSR count). The van der Waals surface area contributed by atoms with E-state index in [2.05, 4.69) is 40.8 Å². The van der Waals surface area contributed by atoms with Gasteiger partial charge in [0.05, 0.1) is 37.0 Å². The van der Waals surface area contributed by atoms with Crippen LogP contribution in [-0.4, -0.2) is 96.1 Å². The zero-order chi connectivity index (χ0) is 32.1. The Labute approximate surface area is 268 Å². The van der Waals surface area contributed by atoms with Gasteiger partial charge in [-0.1, -0.05) is 17.7 Å². The number of halogens is 4. The average Bonchev–Trinajstić information content (AvgIpc) is 3.72. The van der Waals surface area contributed by atoms with Crippen molar-refractivity contribution in [3.8, 4) is 22.8 Å². The van der Waals surface area contributed by atoms with Gasteiger partial charge in [0.1, 0.15) is 23.9 Å². The summed E-state index contributed by atoms with van der Waals surface area (Å²) in [6.45, 7) is 4.18. The summed E-state index contributed by atoms with van der Waals surface area (Å²) in [5.41, 5.74) is 1.70. The van der Waals surface area contributed by atoms with Crippen molar-refractivity contribution in [2.45, 2.75) is 63.5 Å². The molecule has 0 spiro atoms. The predicted octanol–water partition coefficient (Wildman–Crippen LogP) is 4.95. The van der Waals surface area contributed by atoms with Gasteiger partial charge in [0.2, 0.25) is 5.95 Å². The first-order chi connectivity index (χ1) is 22.2. The summed E-state index contributed by atoms with van der Waals surface area (Å²) in [6, 6.07) is 5.83. The van der Waals surface area contributed by atoms with E-state index in [1.54, 1.807) is 40.1 Å². The number of anilines is 2. The third kappa shape index (κ3) is 8.22. The van der Waals surface area contributed by atoms with E-state index >= 15 is 0 Å². The molecule has 246 valence electrons. The third-order valence-electron chi connectivity index (χ3n) is 8.00. The SMILES string of the molecule is C[C@@H](Cn1cnnn1)Oc1cc(-c2cnc(Nc3cn([C@H]4CC[C@H](N5CCOCC5)CC4)nc3OCC(F)(F)F)nc2)ccc1Cl. The highest BCUT2D eigenvalue weighted by Crippen LogP contribution is 2.36. The van der Waals surface area contributed by atoms with E-state index in [0.717, 1.165) is 57.6 Å². The second kappa shape index (κ2) is 14.2. The number of rotatable bonds is 11. The van der Waals surface area contributed by atoms with Crippen molar-refractivity contribution in [1.82, 2.24) is 44.9 Å². The molecule has 1 saturated heterocycles. The quantitative estimate of drug-likeness (QED) is 0.234. The van der Waals surface area contributed by atoms with Crippen molar-refractivity contribution in [1.29, 1.82) is 0 Å². The second-order valence-corrected chi connectivity index (χ2v) is 11.8. The topological polar surface area (TPSA) is 130 Å². The Morgan fingerprint density at radius 1 is 1.07 bits per heavy atom. The number of hydrogen-bond donors (Lipinski definition) is 1. The molecule has 1 aliphatic heterocycles. The van der Waals surface area contributed by atoms with Crippen LogP contribution in [-0.2, 0) is 11.3 Å². The van der Waals surface area contributed by atoms with Crippen LogP contribution in [0.3, 0.4) is 0 Å². The molecular weight excluding hydrogens is 629 g/mol. The maximum atomic E-state index is 13.1. The average molecular weight is 663 g/mol. The lowest BCUT2D eigenvalue weighted by Gasteiger charge is -2.38. The molecule has 0 bridgehead atoms. The minimum Gasteiger partial charge on any atom is -0.487 e. The fourth-order valence-electron chi connectivity index (χ4n) is 5.75. The number of aromatic nitrogens is 8. The fourth-order valence-corrected chi connectivity index (χ4v) is 5.91. The maximum Gasteiger partial charge on any atom is 0.422 e. The summed E-state index contributed by atoms with van der Waals surface area (Å²) in [4.78, 5) is 11.3. The highest BCUT2D eigenvalue weighted by Gasteiger charge is 2.32. The lowest BCUT2D eigenvalue weighted by molar-refractivity contribution is -0.154. The molecule has 0 unspecified atom stereocenters. The Balaban J connectivity index is 1.13. The van der Waals surface area contributed by atoms with Crippen LogP contribution in [0.15, 0.2) is 43.1 Å². The first-order valence-corrected chi connectivity index (χ1v) is 15.4. The molecule has 1 aliphatic carbocycles. The third-order valence-corrected chi connectivity index (χ3v) is 8.31. The molecule has 0 radical (unpaired) electrons. The largest absolute Gasteiger partial charge is 0.487 e. The number of hydrogen-bond acceptors (Lipinski definition) is 11. The number of nitrogens with one attached hydrogen (secondary N) is 1. The number of benzene rings is 1. The van der Waals surface area contributed by atoms with Gasteiger partial charge in [0, 0.05) is 37.1 Å². The van der Waals surface area contributed by atoms with Crippen LogP contribution in [0, 0.1) is 0 Å². The van der Waals surface area contributed by atoms with Crippen LogP contribution in [0.25, 0.3) is 11.1 Å². The standard InChI is InChI=1S/C29H34ClF3N10O3/c1-19(15-42-18-36-39-40-42)46-26-12-20(2-7-24(26)30)21-13-34-28(35-14-21)37-25-16-43(38-27(25)45-17-29(31,32)33)23-5-3-22(4-6-23)41-8-10-44-11-9-41/h2,7,12-14,16,18-19,22-23H,3-6,8-11,15,17H2,1H3,(H,34,35,37)/t19-,22-,23-/m0/s1. The minimum absolute atomic E-state index is 0.0429. The normalized spacial score (nSPS) is 19.9. The molecule has 3 aromatic heterocycles. The van der Waals surface area contributed by atoms with E-state index in [-0.39, 0.29) is 29.7 Å². The smallest absolute Gasteiger partial charge is 0.422 e. The zero-order valence-corrected chi connectivity index (χ0v) is 25.9. The van der Waals surface area contributed by atoms with Crippen LogP contribution in [0.4, 0.5) is 24.8 Å². The highest BCUT2D eigenvalue weighted by molar-refractivity contribution is 6.32. The molecule has 4 aromatic rings. The van der Waals surface area contributed by atoms with E-state index in [1.165, 1.54) is 6.33 Å². The van der Waals surface area contributed by atoms with Gasteiger partial charge in [-0.15, -0.1) is 10.2 Å². The Hall–Kier alpha value is -4.02. The molecule has 1 aromatic carbocycles. The molecule has 4 heterocycles. The van der Waals surface area contributed by atoms with Gasteiger partial charge < -0.3 is 19.5 Å². The zero-order valence-electron chi connectivity index (χ0n) is 25.1. The second-order valence-electron chi connectivity index (χ2n) is 11.4. The summed E-state index contributed by atoms with van der Waals surface area (Å²) in [7, 11) is 0. The van der Waals surface area contributed by atoms with Gasteiger partial charge in [0.25, 0.3) is 5.88 Å². The van der Waals surface area contributed by atoms with Crippen LogP contribution in [0.2, 0.25) is 5.02 Å². The minimum atomic E-state index is -4.51. The van der Waals surface area contributed by atoms with Crippen molar-refractivity contribution in [2.75, 3.05) is 38.2 Å². The van der Waals surface area contributed by atoms with E-state index in [1.807, 2.05) is 13.0 Å². The number of tetrazole rings is 1. The summed E-state index contributed by atoms with van der Waals surface area (Å²) in [5.74, 6) is 0.493. The molecule has 17 heteroatoms. The first-order valence-electron chi connectivity index (χ1n) is 15.1. The van der Waals surface area contributed by atoms with E-state index in [4.69, 9.17) is 25.8 Å². The number of ether oxygens (including phenoxy) is 3. The van der Waals surface area contributed by atoms with Crippen LogP contribution >= 0.6 is 11.6 Å². The molecule has 46 heavy (non-hydrogen) atoms. The van der Waals surface area contributed by atoms with Crippen LogP contribution < -0.4 is 14.8 Å². The Morgan fingerprint density at radius 2 is 1.80 bits per heavy atom. The van der Waals surface area contributed by atoms with Crippen molar-refractivity contribution in [2.24, 2.45) is 0 Å². The molecule has 1 saturated carbocycles. The van der Waals surface area contributed by atoms with Crippen molar-refractivity contribution in [3.63, 3.8) is 0 Å². The number of alkyl halides is 3. The monoisotopic (exact) mass is 662 g/mol. The fraction of sp³-hybridized carbons (Fsp3) is 0.517. The molecule has 2 aliphatic rings. The van der Waals surface area contributed by atoms with Gasteiger partial charge >= 0.3 is 6.18 Å². The molecule has 1 atom stereocenters. The lowest BCUT2D eigenvalue weighted by atomic mass is 9.90. The molecule has 2 fully saturated rings. The first kappa shape index (κ1) is 31.9. The summed E-state index contributed by atoms with van der Waals surface area (Å²) >= 11 is 6.38. The molecular formula is C29H34ClF3N10O3. The van der Waals surface area contributed by atoms with E-state index in [9.17, 15) is 13.2 Å². The Bertz CT molecular complexity index is 1560. The van der Waals surface area contributed by atoms with Crippen molar-refractivity contribution < 1.29 is 27.4 Å². The van der Waals surface area contributed by atoms with Gasteiger partial charge in [-0.2, -0.15) is 13.2 Å². The summed E-state index contributed by atoms with van der Waals surface area (Å²) < 4.78 is 59.0. The number of nitrogens with zero attached hydrogens (tertiary/aromatic N) is 9. The summed E-state index contributed by atoms with van der Waals surface area (Å²) in [6.07, 6.45) is 5.25. The van der Waals surface area contributed by atoms with E-state index < -0.39 is 12.8 Å². The Kier molecular flexibility index (Phi) is 9.84. The predicted molar refractivity (Wildman–Crippen MR) is 161 cm³/mol.